The number of aryl methyl sites for hydroxylation is 2. The standard InChI is InChI=1S/C23H31N3O2/c1-5-14-26(16-22(27)25-21-13-9-7-11-18(21)3)19(4)23(28)24-15-20-12-8-6-10-17(20)2/h6-13,19H,5,14-16H2,1-4H3,(H,24,28)(H,25,27). The van der Waals surface area contributed by atoms with Gasteiger partial charge < -0.3 is 10.6 Å². The second-order valence-electron chi connectivity index (χ2n) is 7.15. The fourth-order valence-corrected chi connectivity index (χ4v) is 3.09. The van der Waals surface area contributed by atoms with Gasteiger partial charge in [-0.3, -0.25) is 14.5 Å². The van der Waals surface area contributed by atoms with E-state index in [0.29, 0.717) is 13.1 Å². The average Bonchev–Trinajstić information content (AvgIpc) is 2.68. The highest BCUT2D eigenvalue weighted by molar-refractivity contribution is 5.93. The number of hydrogen-bond acceptors (Lipinski definition) is 3. The highest BCUT2D eigenvalue weighted by Gasteiger charge is 2.23. The van der Waals surface area contributed by atoms with Crippen LogP contribution in [0.2, 0.25) is 0 Å². The maximum absolute atomic E-state index is 12.7. The van der Waals surface area contributed by atoms with E-state index in [0.717, 1.165) is 28.8 Å². The predicted octanol–water partition coefficient (Wildman–Crippen LogP) is 3.66. The number of nitrogens with one attached hydrogen (secondary N) is 2. The van der Waals surface area contributed by atoms with Crippen LogP contribution in [0.1, 0.15) is 37.0 Å². The quantitative estimate of drug-likeness (QED) is 0.697. The first-order valence-electron chi connectivity index (χ1n) is 9.84. The van der Waals surface area contributed by atoms with Crippen molar-refractivity contribution in [2.75, 3.05) is 18.4 Å². The van der Waals surface area contributed by atoms with Crippen molar-refractivity contribution in [1.82, 2.24) is 10.2 Å². The maximum Gasteiger partial charge on any atom is 0.238 e. The largest absolute Gasteiger partial charge is 0.351 e. The number of carbonyl (C=O) groups excluding carboxylic acids is 2. The van der Waals surface area contributed by atoms with E-state index in [1.165, 1.54) is 0 Å². The van der Waals surface area contributed by atoms with Gasteiger partial charge in [0, 0.05) is 12.2 Å². The minimum Gasteiger partial charge on any atom is -0.351 e. The van der Waals surface area contributed by atoms with Gasteiger partial charge in [0.25, 0.3) is 0 Å². The summed E-state index contributed by atoms with van der Waals surface area (Å²) < 4.78 is 0. The van der Waals surface area contributed by atoms with E-state index in [2.05, 4.69) is 10.6 Å². The van der Waals surface area contributed by atoms with Crippen LogP contribution in [0.3, 0.4) is 0 Å². The lowest BCUT2D eigenvalue weighted by molar-refractivity contribution is -0.127. The molecule has 0 aromatic heterocycles. The van der Waals surface area contributed by atoms with Crippen LogP contribution in [-0.4, -0.2) is 35.8 Å². The molecule has 2 aromatic rings. The minimum atomic E-state index is -0.383. The second-order valence-corrected chi connectivity index (χ2v) is 7.15. The summed E-state index contributed by atoms with van der Waals surface area (Å²) in [6.45, 7) is 9.24. The van der Waals surface area contributed by atoms with E-state index < -0.39 is 0 Å². The predicted molar refractivity (Wildman–Crippen MR) is 114 cm³/mol. The number of anilines is 1. The summed E-state index contributed by atoms with van der Waals surface area (Å²) in [6.07, 6.45) is 0.868. The third-order valence-corrected chi connectivity index (χ3v) is 4.92. The van der Waals surface area contributed by atoms with Crippen LogP contribution >= 0.6 is 0 Å². The van der Waals surface area contributed by atoms with Crippen LogP contribution < -0.4 is 10.6 Å². The average molecular weight is 382 g/mol. The van der Waals surface area contributed by atoms with Gasteiger partial charge in [-0.05, 0) is 56.5 Å². The van der Waals surface area contributed by atoms with Gasteiger partial charge in [0.15, 0.2) is 0 Å². The van der Waals surface area contributed by atoms with Crippen molar-refractivity contribution >= 4 is 17.5 Å². The molecule has 28 heavy (non-hydrogen) atoms. The molecule has 0 fully saturated rings. The first-order valence-corrected chi connectivity index (χ1v) is 9.84. The Morgan fingerprint density at radius 1 is 1.00 bits per heavy atom. The van der Waals surface area contributed by atoms with Gasteiger partial charge in [-0.15, -0.1) is 0 Å². The van der Waals surface area contributed by atoms with Crippen LogP contribution in [0.5, 0.6) is 0 Å². The topological polar surface area (TPSA) is 61.4 Å². The van der Waals surface area contributed by atoms with Crippen molar-refractivity contribution < 1.29 is 9.59 Å². The number of carbonyl (C=O) groups is 2. The summed E-state index contributed by atoms with van der Waals surface area (Å²) in [7, 11) is 0. The molecule has 0 aliphatic heterocycles. The summed E-state index contributed by atoms with van der Waals surface area (Å²) in [6, 6.07) is 15.3. The molecule has 0 saturated carbocycles. The third-order valence-electron chi connectivity index (χ3n) is 4.92. The normalized spacial score (nSPS) is 11.9. The van der Waals surface area contributed by atoms with E-state index in [-0.39, 0.29) is 24.4 Å². The minimum absolute atomic E-state index is 0.0691. The van der Waals surface area contributed by atoms with Crippen LogP contribution in [0.15, 0.2) is 48.5 Å². The van der Waals surface area contributed by atoms with Gasteiger partial charge in [0.05, 0.1) is 12.6 Å². The fourth-order valence-electron chi connectivity index (χ4n) is 3.09. The monoisotopic (exact) mass is 381 g/mol. The van der Waals surface area contributed by atoms with Crippen LogP contribution in [0.4, 0.5) is 5.69 Å². The van der Waals surface area contributed by atoms with Gasteiger partial charge in [0.2, 0.25) is 11.8 Å². The first kappa shape index (κ1) is 21.6. The molecule has 0 saturated heterocycles. The summed E-state index contributed by atoms with van der Waals surface area (Å²) in [5.41, 5.74) is 4.07. The Hall–Kier alpha value is -2.66. The zero-order chi connectivity index (χ0) is 20.5. The molecule has 5 nitrogen and oxygen atoms in total. The molecule has 150 valence electrons. The molecule has 0 spiro atoms. The number of amides is 2. The van der Waals surface area contributed by atoms with E-state index in [1.807, 2.05) is 81.1 Å². The van der Waals surface area contributed by atoms with E-state index in [9.17, 15) is 9.59 Å². The first-order chi connectivity index (χ1) is 13.4. The lowest BCUT2D eigenvalue weighted by Crippen LogP contribution is -2.48. The zero-order valence-electron chi connectivity index (χ0n) is 17.3. The Morgan fingerprint density at radius 2 is 1.64 bits per heavy atom. The van der Waals surface area contributed by atoms with Crippen molar-refractivity contribution in [1.29, 1.82) is 0 Å². The van der Waals surface area contributed by atoms with E-state index >= 15 is 0 Å². The summed E-state index contributed by atoms with van der Waals surface area (Å²) in [5, 5.41) is 5.94. The number of nitrogens with zero attached hydrogens (tertiary/aromatic N) is 1. The van der Waals surface area contributed by atoms with Crippen molar-refractivity contribution in [2.24, 2.45) is 0 Å². The summed E-state index contributed by atoms with van der Waals surface area (Å²) in [4.78, 5) is 27.1. The molecule has 2 amide bonds. The van der Waals surface area contributed by atoms with E-state index in [4.69, 9.17) is 0 Å². The highest BCUT2D eigenvalue weighted by Crippen LogP contribution is 2.13. The molecule has 1 atom stereocenters. The molecule has 0 aliphatic rings. The van der Waals surface area contributed by atoms with Gasteiger partial charge in [0.1, 0.15) is 0 Å². The fraction of sp³-hybridized carbons (Fsp3) is 0.391. The molecular weight excluding hydrogens is 350 g/mol. The maximum atomic E-state index is 12.7. The van der Waals surface area contributed by atoms with E-state index in [1.54, 1.807) is 0 Å². The number of rotatable bonds is 9. The molecule has 2 rings (SSSR count). The Kier molecular flexibility index (Phi) is 8.20. The number of benzene rings is 2. The molecule has 5 heteroatoms. The van der Waals surface area contributed by atoms with Gasteiger partial charge in [-0.1, -0.05) is 49.4 Å². The number of hydrogen-bond donors (Lipinski definition) is 2. The van der Waals surface area contributed by atoms with Gasteiger partial charge in [-0.25, -0.2) is 0 Å². The van der Waals surface area contributed by atoms with Gasteiger partial charge in [-0.2, -0.15) is 0 Å². The molecular formula is C23H31N3O2. The Bertz CT molecular complexity index is 804. The SMILES string of the molecule is CCCN(CC(=O)Nc1ccccc1C)C(C)C(=O)NCc1ccccc1C. The molecule has 0 heterocycles. The summed E-state index contributed by atoms with van der Waals surface area (Å²) >= 11 is 0. The van der Waals surface area contributed by atoms with Crippen molar-refractivity contribution in [3.8, 4) is 0 Å². The lowest BCUT2D eigenvalue weighted by Gasteiger charge is -2.27. The highest BCUT2D eigenvalue weighted by atomic mass is 16.2. The third kappa shape index (κ3) is 6.20. The van der Waals surface area contributed by atoms with Gasteiger partial charge >= 0.3 is 0 Å². The van der Waals surface area contributed by atoms with Crippen LogP contribution in [0.25, 0.3) is 0 Å². The molecule has 0 aliphatic carbocycles. The summed E-state index contributed by atoms with van der Waals surface area (Å²) in [5.74, 6) is -0.179. The molecule has 2 aromatic carbocycles. The smallest absolute Gasteiger partial charge is 0.238 e. The van der Waals surface area contributed by atoms with Crippen molar-refractivity contribution in [3.05, 3.63) is 65.2 Å². The van der Waals surface area contributed by atoms with Crippen molar-refractivity contribution in [2.45, 2.75) is 46.7 Å². The van der Waals surface area contributed by atoms with Crippen LogP contribution in [0, 0.1) is 13.8 Å². The Morgan fingerprint density at radius 3 is 2.29 bits per heavy atom. The molecule has 1 unspecified atom stereocenters. The Balaban J connectivity index is 1.95. The van der Waals surface area contributed by atoms with Crippen LogP contribution in [-0.2, 0) is 16.1 Å². The molecule has 2 N–H and O–H groups in total. The second kappa shape index (κ2) is 10.6. The molecule has 0 bridgehead atoms. The van der Waals surface area contributed by atoms with Crippen molar-refractivity contribution in [3.63, 3.8) is 0 Å². The molecule has 0 radical (unpaired) electrons. The lowest BCUT2D eigenvalue weighted by atomic mass is 10.1. The Labute approximate surface area is 168 Å². The zero-order valence-corrected chi connectivity index (χ0v) is 17.3. The number of para-hydroxylation sites is 1.